The van der Waals surface area contributed by atoms with Gasteiger partial charge in [-0.3, -0.25) is 0 Å². The van der Waals surface area contributed by atoms with Crippen LogP contribution in [0, 0.1) is 6.92 Å². The Morgan fingerprint density at radius 2 is 2.26 bits per heavy atom. The Morgan fingerprint density at radius 1 is 1.58 bits per heavy atom. The number of carbonyl (C=O) groups is 1. The highest BCUT2D eigenvalue weighted by Gasteiger charge is 2.20. The van der Waals surface area contributed by atoms with Crippen molar-refractivity contribution in [1.29, 1.82) is 0 Å². The van der Waals surface area contributed by atoms with Crippen molar-refractivity contribution in [3.63, 3.8) is 0 Å². The largest absolute Gasteiger partial charge is 0.477 e. The number of aliphatic hydroxyl groups is 2. The Kier molecular flexibility index (Phi) is 5.25. The summed E-state index contributed by atoms with van der Waals surface area (Å²) in [6.07, 6.45) is -1.01. The van der Waals surface area contributed by atoms with Gasteiger partial charge in [-0.05, 0) is 30.5 Å². The summed E-state index contributed by atoms with van der Waals surface area (Å²) in [5.74, 6) is -1.15. The first-order valence-corrected chi connectivity index (χ1v) is 5.54. The number of hydrogen-bond donors (Lipinski definition) is 3. The van der Waals surface area contributed by atoms with Crippen molar-refractivity contribution in [2.45, 2.75) is 25.6 Å². The molecule has 1 aromatic rings. The second kappa shape index (κ2) is 6.69. The fourth-order valence-electron chi connectivity index (χ4n) is 1.60. The van der Waals surface area contributed by atoms with Gasteiger partial charge in [0.25, 0.3) is 0 Å². The van der Waals surface area contributed by atoms with Gasteiger partial charge in [0.15, 0.2) is 5.69 Å². The minimum absolute atomic E-state index is 0.0638. The minimum atomic E-state index is -1.21. The van der Waals surface area contributed by atoms with E-state index >= 15 is 0 Å². The first-order valence-electron chi connectivity index (χ1n) is 5.54. The third kappa shape index (κ3) is 3.92. The van der Waals surface area contributed by atoms with Crippen molar-refractivity contribution in [3.8, 4) is 0 Å². The standard InChI is InChI=1S/C11H14N4O4/c1-6-4-7(5-13-9(6)11(18)19)10(17)8(16)2-3-14-15-12/h4-5,8,10,16-17H,2-3H2,1H3,(H,18,19). The van der Waals surface area contributed by atoms with Gasteiger partial charge in [0.2, 0.25) is 0 Å². The maximum Gasteiger partial charge on any atom is 0.354 e. The fraction of sp³-hybridized carbons (Fsp3) is 0.455. The number of aliphatic hydroxyl groups excluding tert-OH is 2. The number of hydrogen-bond acceptors (Lipinski definition) is 5. The molecule has 0 amide bonds. The molecule has 2 unspecified atom stereocenters. The Balaban J connectivity index is 2.82. The molecule has 102 valence electrons. The van der Waals surface area contributed by atoms with Crippen molar-refractivity contribution >= 4 is 5.97 Å². The molecule has 8 heteroatoms. The molecule has 8 nitrogen and oxygen atoms in total. The molecule has 1 heterocycles. The van der Waals surface area contributed by atoms with E-state index in [-0.39, 0.29) is 18.7 Å². The van der Waals surface area contributed by atoms with Crippen LogP contribution in [0.15, 0.2) is 17.4 Å². The first-order chi connectivity index (χ1) is 8.97. The van der Waals surface area contributed by atoms with Crippen molar-refractivity contribution in [1.82, 2.24) is 4.98 Å². The van der Waals surface area contributed by atoms with Crippen LogP contribution in [0.5, 0.6) is 0 Å². The normalized spacial score (nSPS) is 13.4. The van der Waals surface area contributed by atoms with Gasteiger partial charge in [-0.15, -0.1) is 0 Å². The van der Waals surface area contributed by atoms with Gasteiger partial charge in [-0.25, -0.2) is 9.78 Å². The number of aryl methyl sites for hydroxylation is 1. The highest BCUT2D eigenvalue weighted by molar-refractivity contribution is 5.86. The number of nitrogens with zero attached hydrogens (tertiary/aromatic N) is 4. The van der Waals surface area contributed by atoms with Crippen LogP contribution in [0.4, 0.5) is 0 Å². The molecule has 0 aliphatic heterocycles. The van der Waals surface area contributed by atoms with Crippen LogP contribution >= 0.6 is 0 Å². The number of azide groups is 1. The monoisotopic (exact) mass is 266 g/mol. The average molecular weight is 266 g/mol. The maximum atomic E-state index is 10.8. The van der Waals surface area contributed by atoms with Crippen LogP contribution in [-0.2, 0) is 0 Å². The third-order valence-electron chi connectivity index (χ3n) is 2.60. The van der Waals surface area contributed by atoms with Gasteiger partial charge in [0.1, 0.15) is 6.10 Å². The zero-order valence-electron chi connectivity index (χ0n) is 10.3. The molecular formula is C11H14N4O4. The highest BCUT2D eigenvalue weighted by atomic mass is 16.4. The summed E-state index contributed by atoms with van der Waals surface area (Å²) in [6.45, 7) is 1.62. The van der Waals surface area contributed by atoms with Crippen LogP contribution in [0.1, 0.15) is 34.1 Å². The topological polar surface area (TPSA) is 139 Å². The van der Waals surface area contributed by atoms with Crippen LogP contribution in [0.2, 0.25) is 0 Å². The molecule has 0 aliphatic rings. The van der Waals surface area contributed by atoms with E-state index < -0.39 is 18.2 Å². The average Bonchev–Trinajstić information content (AvgIpc) is 2.37. The molecular weight excluding hydrogens is 252 g/mol. The molecule has 0 saturated carbocycles. The molecule has 2 atom stereocenters. The molecule has 1 rings (SSSR count). The molecule has 0 saturated heterocycles. The molecule has 0 fully saturated rings. The van der Waals surface area contributed by atoms with Crippen LogP contribution in [0.25, 0.3) is 10.4 Å². The lowest BCUT2D eigenvalue weighted by atomic mass is 10.0. The van der Waals surface area contributed by atoms with Crippen molar-refractivity contribution < 1.29 is 20.1 Å². The molecule has 0 bridgehead atoms. The molecule has 0 spiro atoms. The van der Waals surface area contributed by atoms with Crippen LogP contribution < -0.4 is 0 Å². The van der Waals surface area contributed by atoms with E-state index in [1.165, 1.54) is 12.3 Å². The summed E-state index contributed by atoms with van der Waals surface area (Å²) < 4.78 is 0. The van der Waals surface area contributed by atoms with E-state index in [0.29, 0.717) is 11.1 Å². The summed E-state index contributed by atoms with van der Waals surface area (Å²) in [7, 11) is 0. The minimum Gasteiger partial charge on any atom is -0.477 e. The maximum absolute atomic E-state index is 10.8. The van der Waals surface area contributed by atoms with Crippen LogP contribution in [-0.4, -0.2) is 38.9 Å². The van der Waals surface area contributed by atoms with Gasteiger partial charge >= 0.3 is 5.97 Å². The molecule has 19 heavy (non-hydrogen) atoms. The van der Waals surface area contributed by atoms with Gasteiger partial charge in [0.05, 0.1) is 6.10 Å². The summed E-state index contributed by atoms with van der Waals surface area (Å²) >= 11 is 0. The summed E-state index contributed by atoms with van der Waals surface area (Å²) in [5, 5.41) is 31.6. The quantitative estimate of drug-likeness (QED) is 0.403. The number of rotatable bonds is 6. The van der Waals surface area contributed by atoms with Crippen molar-refractivity contribution in [2.75, 3.05) is 6.54 Å². The van der Waals surface area contributed by atoms with Crippen molar-refractivity contribution in [3.05, 3.63) is 39.5 Å². The summed E-state index contributed by atoms with van der Waals surface area (Å²) in [5.41, 5.74) is 8.72. The second-order valence-electron chi connectivity index (χ2n) is 3.99. The van der Waals surface area contributed by atoms with Gasteiger partial charge in [-0.1, -0.05) is 5.11 Å². The lowest BCUT2D eigenvalue weighted by Crippen LogP contribution is -2.20. The molecule has 1 aromatic heterocycles. The Bertz CT molecular complexity index is 513. The fourth-order valence-corrected chi connectivity index (χ4v) is 1.60. The number of pyridine rings is 1. The number of aromatic carboxylic acids is 1. The van der Waals surface area contributed by atoms with E-state index in [1.807, 2.05) is 0 Å². The van der Waals surface area contributed by atoms with Gasteiger partial charge < -0.3 is 15.3 Å². The SMILES string of the molecule is Cc1cc(C(O)C(O)CCN=[N+]=[N-])cnc1C(=O)O. The first kappa shape index (κ1) is 14.9. The second-order valence-corrected chi connectivity index (χ2v) is 3.99. The molecule has 0 radical (unpaired) electrons. The van der Waals surface area contributed by atoms with E-state index in [2.05, 4.69) is 15.0 Å². The van der Waals surface area contributed by atoms with Gasteiger partial charge in [-0.2, -0.15) is 0 Å². The predicted molar refractivity (Wildman–Crippen MR) is 65.5 cm³/mol. The van der Waals surface area contributed by atoms with E-state index in [9.17, 15) is 15.0 Å². The molecule has 3 N–H and O–H groups in total. The number of aromatic nitrogens is 1. The third-order valence-corrected chi connectivity index (χ3v) is 2.60. The zero-order valence-corrected chi connectivity index (χ0v) is 10.3. The number of carboxylic acid groups (broad SMARTS) is 1. The van der Waals surface area contributed by atoms with E-state index in [0.717, 1.165) is 0 Å². The molecule has 0 aliphatic carbocycles. The number of carboxylic acids is 1. The van der Waals surface area contributed by atoms with E-state index in [4.69, 9.17) is 10.6 Å². The van der Waals surface area contributed by atoms with E-state index in [1.54, 1.807) is 6.92 Å². The Labute approximate surface area is 109 Å². The zero-order chi connectivity index (χ0) is 14.4. The molecule has 0 aromatic carbocycles. The Morgan fingerprint density at radius 3 is 2.79 bits per heavy atom. The van der Waals surface area contributed by atoms with Crippen molar-refractivity contribution in [2.24, 2.45) is 5.11 Å². The lowest BCUT2D eigenvalue weighted by Gasteiger charge is -2.17. The highest BCUT2D eigenvalue weighted by Crippen LogP contribution is 2.20. The predicted octanol–water partition coefficient (Wildman–Crippen LogP) is 1.18. The summed E-state index contributed by atoms with van der Waals surface area (Å²) in [4.78, 5) is 17.1. The smallest absolute Gasteiger partial charge is 0.354 e. The van der Waals surface area contributed by atoms with Crippen LogP contribution in [0.3, 0.4) is 0 Å². The summed E-state index contributed by atoms with van der Waals surface area (Å²) in [6, 6.07) is 1.46. The lowest BCUT2D eigenvalue weighted by molar-refractivity contribution is 0.0148. The van der Waals surface area contributed by atoms with Gasteiger partial charge in [0, 0.05) is 23.2 Å². The Hall–Kier alpha value is -2.15.